The van der Waals surface area contributed by atoms with Gasteiger partial charge < -0.3 is 9.30 Å². The second-order valence-corrected chi connectivity index (χ2v) is 7.14. The van der Waals surface area contributed by atoms with Gasteiger partial charge in [-0.15, -0.1) is 0 Å². The van der Waals surface area contributed by atoms with Gasteiger partial charge >= 0.3 is 0 Å². The second kappa shape index (κ2) is 8.45. The van der Waals surface area contributed by atoms with E-state index in [0.29, 0.717) is 13.2 Å². The van der Waals surface area contributed by atoms with Crippen LogP contribution in [-0.4, -0.2) is 32.0 Å². The molecule has 0 aliphatic heterocycles. The molecule has 25 heavy (non-hydrogen) atoms. The van der Waals surface area contributed by atoms with Crippen molar-refractivity contribution < 1.29 is 9.53 Å². The highest BCUT2D eigenvalue weighted by molar-refractivity contribution is 8.13. The summed E-state index contributed by atoms with van der Waals surface area (Å²) in [5, 5.41) is 1.30. The molecule has 0 saturated carbocycles. The molecule has 0 spiro atoms. The molecule has 2 aromatic heterocycles. The summed E-state index contributed by atoms with van der Waals surface area (Å²) in [5.74, 6) is 1.81. The summed E-state index contributed by atoms with van der Waals surface area (Å²) in [6.45, 7) is 5.64. The van der Waals surface area contributed by atoms with Gasteiger partial charge in [0, 0.05) is 31.2 Å². The zero-order valence-corrected chi connectivity index (χ0v) is 15.5. The van der Waals surface area contributed by atoms with Crippen LogP contribution < -0.4 is 0 Å². The molecule has 0 amide bonds. The largest absolute Gasteiger partial charge is 0.374 e. The van der Waals surface area contributed by atoms with Crippen molar-refractivity contribution in [3.63, 3.8) is 0 Å². The SMILES string of the molecule is CCOCc1nc2cnc3ccccc3c2n1CCCCSC(C)=O. The van der Waals surface area contributed by atoms with Crippen LogP contribution in [0.15, 0.2) is 30.5 Å². The molecule has 0 radical (unpaired) electrons. The van der Waals surface area contributed by atoms with Crippen LogP contribution >= 0.6 is 11.8 Å². The van der Waals surface area contributed by atoms with Crippen LogP contribution in [0.4, 0.5) is 0 Å². The second-order valence-electron chi connectivity index (χ2n) is 5.87. The lowest BCUT2D eigenvalue weighted by Crippen LogP contribution is -2.07. The van der Waals surface area contributed by atoms with Gasteiger partial charge in [-0.05, 0) is 25.8 Å². The number of benzene rings is 1. The van der Waals surface area contributed by atoms with Gasteiger partial charge in [0.05, 0.1) is 17.2 Å². The molecule has 1 aromatic carbocycles. The average Bonchev–Trinajstić information content (AvgIpc) is 2.97. The number of imidazole rings is 1. The van der Waals surface area contributed by atoms with Gasteiger partial charge in [-0.2, -0.15) is 0 Å². The third-order valence-electron chi connectivity index (χ3n) is 4.08. The molecule has 3 rings (SSSR count). The molecule has 0 atom stereocenters. The Labute approximate surface area is 151 Å². The lowest BCUT2D eigenvalue weighted by atomic mass is 10.2. The van der Waals surface area contributed by atoms with Crippen molar-refractivity contribution in [3.05, 3.63) is 36.3 Å². The van der Waals surface area contributed by atoms with Crippen LogP contribution in [0.2, 0.25) is 0 Å². The van der Waals surface area contributed by atoms with E-state index in [1.54, 1.807) is 6.92 Å². The minimum Gasteiger partial charge on any atom is -0.374 e. The third kappa shape index (κ3) is 4.19. The highest BCUT2D eigenvalue weighted by atomic mass is 32.2. The van der Waals surface area contributed by atoms with Gasteiger partial charge in [0.1, 0.15) is 17.9 Å². The summed E-state index contributed by atoms with van der Waals surface area (Å²) in [6, 6.07) is 8.16. The minimum atomic E-state index is 0.183. The topological polar surface area (TPSA) is 57.0 Å². The first-order valence-corrected chi connectivity index (χ1v) is 9.63. The summed E-state index contributed by atoms with van der Waals surface area (Å²) in [4.78, 5) is 20.3. The van der Waals surface area contributed by atoms with Crippen LogP contribution in [0, 0.1) is 0 Å². The van der Waals surface area contributed by atoms with Gasteiger partial charge in [-0.1, -0.05) is 30.0 Å². The van der Waals surface area contributed by atoms with E-state index in [1.165, 1.54) is 11.8 Å². The molecule has 6 heteroatoms. The van der Waals surface area contributed by atoms with Crippen LogP contribution in [0.3, 0.4) is 0 Å². The van der Waals surface area contributed by atoms with Crippen LogP contribution in [0.5, 0.6) is 0 Å². The third-order valence-corrected chi connectivity index (χ3v) is 4.97. The monoisotopic (exact) mass is 357 g/mol. The van der Waals surface area contributed by atoms with Gasteiger partial charge in [-0.25, -0.2) is 4.98 Å². The summed E-state index contributed by atoms with van der Waals surface area (Å²) < 4.78 is 7.87. The Balaban J connectivity index is 1.91. The van der Waals surface area contributed by atoms with E-state index in [-0.39, 0.29) is 5.12 Å². The molecule has 0 fully saturated rings. The Hall–Kier alpha value is -1.92. The van der Waals surface area contributed by atoms with Crippen molar-refractivity contribution in [3.8, 4) is 0 Å². The number of rotatable bonds is 8. The Bertz CT molecular complexity index is 876. The Morgan fingerprint density at radius 3 is 2.88 bits per heavy atom. The average molecular weight is 357 g/mol. The fourth-order valence-electron chi connectivity index (χ4n) is 2.94. The van der Waals surface area contributed by atoms with Gasteiger partial charge in [0.25, 0.3) is 0 Å². The number of carbonyl (C=O) groups is 1. The molecule has 0 unspecified atom stereocenters. The summed E-state index contributed by atoms with van der Waals surface area (Å²) >= 11 is 1.39. The van der Waals surface area contributed by atoms with Gasteiger partial charge in [0.2, 0.25) is 0 Å². The van der Waals surface area contributed by atoms with E-state index in [9.17, 15) is 4.79 Å². The first-order chi connectivity index (χ1) is 12.2. The molecule has 0 aliphatic rings. The van der Waals surface area contributed by atoms with E-state index in [0.717, 1.165) is 52.9 Å². The Kier molecular flexibility index (Phi) is 6.04. The number of aryl methyl sites for hydroxylation is 1. The predicted molar refractivity (Wildman–Crippen MR) is 103 cm³/mol. The predicted octanol–water partition coefficient (Wildman–Crippen LogP) is 4.18. The highest BCUT2D eigenvalue weighted by Gasteiger charge is 2.14. The lowest BCUT2D eigenvalue weighted by Gasteiger charge is -2.10. The van der Waals surface area contributed by atoms with Crippen molar-refractivity contribution in [2.45, 2.75) is 39.8 Å². The fourth-order valence-corrected chi connectivity index (χ4v) is 3.58. The molecule has 0 aliphatic carbocycles. The molecule has 132 valence electrons. The molecule has 0 saturated heterocycles. The van der Waals surface area contributed by atoms with E-state index in [1.807, 2.05) is 31.3 Å². The summed E-state index contributed by atoms with van der Waals surface area (Å²) in [5.41, 5.74) is 3.01. The van der Waals surface area contributed by atoms with Crippen LogP contribution in [0.1, 0.15) is 32.5 Å². The van der Waals surface area contributed by atoms with Crippen LogP contribution in [-0.2, 0) is 22.7 Å². The van der Waals surface area contributed by atoms with Crippen molar-refractivity contribution in [1.82, 2.24) is 14.5 Å². The summed E-state index contributed by atoms with van der Waals surface area (Å²) in [6.07, 6.45) is 3.84. The molecule has 0 bridgehead atoms. The number of unbranched alkanes of at least 4 members (excludes halogenated alkanes) is 1. The first kappa shape index (κ1) is 17.9. The number of nitrogens with zero attached hydrogens (tertiary/aromatic N) is 3. The Morgan fingerprint density at radius 1 is 1.24 bits per heavy atom. The van der Waals surface area contributed by atoms with Crippen molar-refractivity contribution >= 4 is 38.8 Å². The standard InChI is InChI=1S/C19H23N3O2S/c1-3-24-13-18-21-17-12-20-16-9-5-4-8-15(16)19(17)22(18)10-6-7-11-25-14(2)23/h4-5,8-9,12H,3,6-7,10-11,13H2,1-2H3. The van der Waals surface area contributed by atoms with E-state index < -0.39 is 0 Å². The number of fused-ring (bicyclic) bond motifs is 3. The lowest BCUT2D eigenvalue weighted by molar-refractivity contribution is -0.109. The van der Waals surface area contributed by atoms with Crippen molar-refractivity contribution in [1.29, 1.82) is 0 Å². The van der Waals surface area contributed by atoms with Crippen molar-refractivity contribution in [2.24, 2.45) is 0 Å². The number of pyridine rings is 1. The molecule has 3 aromatic rings. The smallest absolute Gasteiger partial charge is 0.185 e. The number of carbonyl (C=O) groups excluding carboxylic acids is 1. The zero-order chi connectivity index (χ0) is 17.6. The molecular weight excluding hydrogens is 334 g/mol. The van der Waals surface area contributed by atoms with E-state index >= 15 is 0 Å². The van der Waals surface area contributed by atoms with Crippen LogP contribution in [0.25, 0.3) is 21.9 Å². The maximum absolute atomic E-state index is 11.1. The Morgan fingerprint density at radius 2 is 2.08 bits per heavy atom. The van der Waals surface area contributed by atoms with Gasteiger partial charge in [0.15, 0.2) is 5.12 Å². The quantitative estimate of drug-likeness (QED) is 0.566. The number of para-hydroxylation sites is 1. The van der Waals surface area contributed by atoms with E-state index in [2.05, 4.69) is 15.6 Å². The van der Waals surface area contributed by atoms with E-state index in [4.69, 9.17) is 9.72 Å². The highest BCUT2D eigenvalue weighted by Crippen LogP contribution is 2.25. The normalized spacial score (nSPS) is 11.4. The van der Waals surface area contributed by atoms with Crippen molar-refractivity contribution in [2.75, 3.05) is 12.4 Å². The summed E-state index contributed by atoms with van der Waals surface area (Å²) in [7, 11) is 0. The maximum Gasteiger partial charge on any atom is 0.185 e. The number of hydrogen-bond donors (Lipinski definition) is 0. The maximum atomic E-state index is 11.1. The minimum absolute atomic E-state index is 0.183. The number of ether oxygens (including phenoxy) is 1. The number of thioether (sulfide) groups is 1. The molecule has 5 nitrogen and oxygen atoms in total. The molecule has 2 heterocycles. The number of hydrogen-bond acceptors (Lipinski definition) is 5. The number of aromatic nitrogens is 3. The zero-order valence-electron chi connectivity index (χ0n) is 14.7. The van der Waals surface area contributed by atoms with Gasteiger partial charge in [-0.3, -0.25) is 9.78 Å². The fraction of sp³-hybridized carbons (Fsp3) is 0.421. The molecule has 0 N–H and O–H groups in total. The molecular formula is C19H23N3O2S. The first-order valence-electron chi connectivity index (χ1n) is 8.64.